The second kappa shape index (κ2) is 7.55. The highest BCUT2D eigenvalue weighted by Crippen LogP contribution is 2.24. The van der Waals surface area contributed by atoms with Crippen LogP contribution in [0.25, 0.3) is 0 Å². The van der Waals surface area contributed by atoms with Crippen molar-refractivity contribution in [1.29, 1.82) is 0 Å². The number of nitrogens with zero attached hydrogens (tertiary/aromatic N) is 1. The van der Waals surface area contributed by atoms with Crippen molar-refractivity contribution in [3.8, 4) is 0 Å². The molecule has 1 aromatic rings. The molecule has 1 amide bonds. The number of piperidine rings is 1. The van der Waals surface area contributed by atoms with Crippen LogP contribution in [-0.2, 0) is 14.6 Å². The molecule has 0 spiro atoms. The van der Waals surface area contributed by atoms with E-state index >= 15 is 0 Å². The third-order valence-corrected chi connectivity index (χ3v) is 6.74. The molecule has 3 rings (SSSR count). The first-order valence-corrected chi connectivity index (χ1v) is 10.7. The summed E-state index contributed by atoms with van der Waals surface area (Å²) >= 11 is 0. The van der Waals surface area contributed by atoms with E-state index in [9.17, 15) is 13.2 Å². The molecule has 0 radical (unpaired) electrons. The van der Waals surface area contributed by atoms with Crippen LogP contribution in [0.3, 0.4) is 0 Å². The van der Waals surface area contributed by atoms with Crippen LogP contribution in [0.5, 0.6) is 0 Å². The van der Waals surface area contributed by atoms with Gasteiger partial charge in [-0.1, -0.05) is 0 Å². The molecule has 1 aromatic carbocycles. The summed E-state index contributed by atoms with van der Waals surface area (Å²) in [4.78, 5) is 14.5. The first-order valence-electron chi connectivity index (χ1n) is 8.87. The van der Waals surface area contributed by atoms with Crippen molar-refractivity contribution in [3.63, 3.8) is 0 Å². The minimum Gasteiger partial charge on any atom is -0.372 e. The molecule has 24 heavy (non-hydrogen) atoms. The van der Waals surface area contributed by atoms with Gasteiger partial charge in [-0.15, -0.1) is 0 Å². The molecular weight excluding hydrogens is 324 g/mol. The topological polar surface area (TPSA) is 66.5 Å². The van der Waals surface area contributed by atoms with E-state index in [1.165, 1.54) is 24.9 Å². The first-order chi connectivity index (χ1) is 11.5. The Hall–Kier alpha value is -1.56. The fourth-order valence-corrected chi connectivity index (χ4v) is 5.11. The van der Waals surface area contributed by atoms with E-state index in [4.69, 9.17) is 0 Å². The molecule has 2 fully saturated rings. The highest BCUT2D eigenvalue weighted by molar-refractivity contribution is 7.91. The Morgan fingerprint density at radius 3 is 2.29 bits per heavy atom. The quantitative estimate of drug-likeness (QED) is 0.907. The highest BCUT2D eigenvalue weighted by Gasteiger charge is 2.25. The Morgan fingerprint density at radius 1 is 1.04 bits per heavy atom. The molecule has 0 saturated carbocycles. The second-order valence-electron chi connectivity index (χ2n) is 6.94. The zero-order valence-corrected chi connectivity index (χ0v) is 14.9. The first kappa shape index (κ1) is 17.3. The van der Waals surface area contributed by atoms with Crippen LogP contribution in [0.4, 0.5) is 11.4 Å². The molecule has 0 aromatic heterocycles. The lowest BCUT2D eigenvalue weighted by molar-refractivity contribution is -0.117. The maximum atomic E-state index is 12.2. The minimum atomic E-state index is -2.86. The number of nitrogens with one attached hydrogen (secondary N) is 1. The summed E-state index contributed by atoms with van der Waals surface area (Å²) in [7, 11) is -2.86. The largest absolute Gasteiger partial charge is 0.372 e. The summed E-state index contributed by atoms with van der Waals surface area (Å²) in [5, 5.41) is 2.93. The summed E-state index contributed by atoms with van der Waals surface area (Å²) in [6, 6.07) is 8.03. The summed E-state index contributed by atoms with van der Waals surface area (Å²) in [5.74, 6) is 0.594. The molecule has 2 saturated heterocycles. The summed E-state index contributed by atoms with van der Waals surface area (Å²) < 4.78 is 22.9. The predicted octanol–water partition coefficient (Wildman–Crippen LogP) is 2.83. The molecule has 0 aliphatic carbocycles. The van der Waals surface area contributed by atoms with Gasteiger partial charge in [-0.3, -0.25) is 4.79 Å². The van der Waals surface area contributed by atoms with Crippen LogP contribution >= 0.6 is 0 Å². The van der Waals surface area contributed by atoms with E-state index in [-0.39, 0.29) is 23.3 Å². The third kappa shape index (κ3) is 4.72. The maximum absolute atomic E-state index is 12.2. The number of carbonyl (C=O) groups is 1. The normalized spacial score (nSPS) is 21.4. The van der Waals surface area contributed by atoms with Crippen LogP contribution in [-0.4, -0.2) is 38.9 Å². The van der Waals surface area contributed by atoms with E-state index in [1.54, 1.807) is 0 Å². The number of hydrogen-bond donors (Lipinski definition) is 1. The van der Waals surface area contributed by atoms with E-state index in [0.29, 0.717) is 19.3 Å². The zero-order chi connectivity index (χ0) is 17.0. The minimum absolute atomic E-state index is 0.0231. The molecule has 2 aliphatic rings. The average molecular weight is 350 g/mol. The second-order valence-corrected chi connectivity index (χ2v) is 9.25. The van der Waals surface area contributed by atoms with E-state index in [2.05, 4.69) is 22.3 Å². The van der Waals surface area contributed by atoms with Gasteiger partial charge in [0.05, 0.1) is 11.5 Å². The molecule has 0 bridgehead atoms. The van der Waals surface area contributed by atoms with Gasteiger partial charge in [0.15, 0.2) is 0 Å². The van der Waals surface area contributed by atoms with Gasteiger partial charge in [0.25, 0.3) is 0 Å². The molecular formula is C18H26N2O3S. The van der Waals surface area contributed by atoms with Gasteiger partial charge >= 0.3 is 0 Å². The van der Waals surface area contributed by atoms with Crippen LogP contribution in [0.15, 0.2) is 24.3 Å². The van der Waals surface area contributed by atoms with Crippen LogP contribution in [0.2, 0.25) is 0 Å². The van der Waals surface area contributed by atoms with Crippen molar-refractivity contribution in [2.45, 2.75) is 38.5 Å². The van der Waals surface area contributed by atoms with Gasteiger partial charge < -0.3 is 10.2 Å². The number of amides is 1. The number of rotatable bonds is 4. The SMILES string of the molecule is O=C(CC1CCS(=O)(=O)CC1)Nc1ccc(N2CCCCC2)cc1. The summed E-state index contributed by atoms with van der Waals surface area (Å²) in [6.45, 7) is 2.21. The summed E-state index contributed by atoms with van der Waals surface area (Å²) in [6.07, 6.45) is 5.41. The molecule has 6 heteroatoms. The van der Waals surface area contributed by atoms with Crippen LogP contribution in [0.1, 0.15) is 38.5 Å². The standard InChI is InChI=1S/C18H26N2O3S/c21-18(14-15-8-12-24(22,23)13-9-15)19-16-4-6-17(7-5-16)20-10-2-1-3-11-20/h4-7,15H,1-3,8-14H2,(H,19,21). The smallest absolute Gasteiger partial charge is 0.224 e. The van der Waals surface area contributed by atoms with Crippen molar-refractivity contribution in [2.75, 3.05) is 34.8 Å². The van der Waals surface area contributed by atoms with Gasteiger partial charge in [-0.25, -0.2) is 8.42 Å². The average Bonchev–Trinajstić information content (AvgIpc) is 2.58. The van der Waals surface area contributed by atoms with Crippen LogP contribution < -0.4 is 10.2 Å². The van der Waals surface area contributed by atoms with Gasteiger partial charge in [-0.05, 0) is 62.3 Å². The number of benzene rings is 1. The molecule has 132 valence electrons. The number of sulfone groups is 1. The van der Waals surface area contributed by atoms with Gasteiger partial charge in [-0.2, -0.15) is 0 Å². The predicted molar refractivity (Wildman–Crippen MR) is 97.1 cm³/mol. The fraction of sp³-hybridized carbons (Fsp3) is 0.611. The molecule has 2 aliphatic heterocycles. The molecule has 1 N–H and O–H groups in total. The Morgan fingerprint density at radius 2 is 1.67 bits per heavy atom. The van der Waals surface area contributed by atoms with Crippen molar-refractivity contribution in [2.24, 2.45) is 5.92 Å². The Labute approximate surface area is 144 Å². The van der Waals surface area contributed by atoms with Crippen molar-refractivity contribution in [1.82, 2.24) is 0 Å². The number of hydrogen-bond acceptors (Lipinski definition) is 4. The monoisotopic (exact) mass is 350 g/mol. The number of carbonyl (C=O) groups excluding carboxylic acids is 1. The lowest BCUT2D eigenvalue weighted by Gasteiger charge is -2.28. The van der Waals surface area contributed by atoms with Gasteiger partial charge in [0.2, 0.25) is 5.91 Å². The molecule has 0 unspecified atom stereocenters. The van der Waals surface area contributed by atoms with E-state index in [0.717, 1.165) is 18.8 Å². The molecule has 5 nitrogen and oxygen atoms in total. The van der Waals surface area contributed by atoms with Crippen molar-refractivity contribution in [3.05, 3.63) is 24.3 Å². The van der Waals surface area contributed by atoms with E-state index in [1.807, 2.05) is 12.1 Å². The highest BCUT2D eigenvalue weighted by atomic mass is 32.2. The lowest BCUT2D eigenvalue weighted by atomic mass is 9.98. The molecule has 0 atom stereocenters. The maximum Gasteiger partial charge on any atom is 0.224 e. The van der Waals surface area contributed by atoms with Crippen molar-refractivity contribution >= 4 is 27.1 Å². The Bertz CT molecular complexity index is 650. The Balaban J connectivity index is 1.49. The molecule has 2 heterocycles. The van der Waals surface area contributed by atoms with Gasteiger partial charge in [0, 0.05) is 30.9 Å². The Kier molecular flexibility index (Phi) is 5.43. The van der Waals surface area contributed by atoms with Crippen molar-refractivity contribution < 1.29 is 13.2 Å². The van der Waals surface area contributed by atoms with Gasteiger partial charge in [0.1, 0.15) is 9.84 Å². The van der Waals surface area contributed by atoms with Crippen LogP contribution in [0, 0.1) is 5.92 Å². The fourth-order valence-electron chi connectivity index (χ4n) is 3.52. The summed E-state index contributed by atoms with van der Waals surface area (Å²) in [5.41, 5.74) is 2.02. The van der Waals surface area contributed by atoms with E-state index < -0.39 is 9.84 Å². The number of anilines is 2. The third-order valence-electron chi connectivity index (χ3n) is 5.02. The zero-order valence-electron chi connectivity index (χ0n) is 14.0. The lowest BCUT2D eigenvalue weighted by Crippen LogP contribution is -2.29.